The van der Waals surface area contributed by atoms with Gasteiger partial charge in [0.2, 0.25) is 5.91 Å². The summed E-state index contributed by atoms with van der Waals surface area (Å²) < 4.78 is 14.0. The first kappa shape index (κ1) is 18.7. The highest BCUT2D eigenvalue weighted by atomic mass is 19.1. The van der Waals surface area contributed by atoms with Crippen LogP contribution < -0.4 is 15.1 Å². The Bertz CT molecular complexity index is 796. The van der Waals surface area contributed by atoms with E-state index in [1.54, 1.807) is 6.07 Å². The lowest BCUT2D eigenvalue weighted by atomic mass is 9.89. The average molecular weight is 382 g/mol. The monoisotopic (exact) mass is 382 g/mol. The number of hydrogen-bond acceptors (Lipinski definition) is 4. The average Bonchev–Trinajstić information content (AvgIpc) is 2.75. The van der Waals surface area contributed by atoms with Gasteiger partial charge < -0.3 is 15.1 Å². The summed E-state index contributed by atoms with van der Waals surface area (Å²) in [4.78, 5) is 21.1. The maximum Gasteiger partial charge on any atom is 0.228 e. The molecule has 0 unspecified atom stereocenters. The Balaban J connectivity index is 1.32. The number of halogens is 1. The first-order chi connectivity index (χ1) is 13.7. The van der Waals surface area contributed by atoms with Crippen LogP contribution in [0.1, 0.15) is 32.1 Å². The molecule has 148 valence electrons. The van der Waals surface area contributed by atoms with Crippen LogP contribution in [0.5, 0.6) is 0 Å². The highest BCUT2D eigenvalue weighted by Gasteiger charge is 2.22. The first-order valence-corrected chi connectivity index (χ1v) is 10.2. The maximum atomic E-state index is 14.0. The molecule has 0 atom stereocenters. The van der Waals surface area contributed by atoms with Gasteiger partial charge in [0.05, 0.1) is 17.6 Å². The molecule has 0 spiro atoms. The molecular weight excluding hydrogens is 355 g/mol. The third-order valence-corrected chi connectivity index (χ3v) is 5.81. The van der Waals surface area contributed by atoms with Crippen LogP contribution in [0, 0.1) is 11.7 Å². The van der Waals surface area contributed by atoms with Crippen molar-refractivity contribution in [3.05, 3.63) is 48.4 Å². The molecule has 1 aliphatic carbocycles. The molecule has 1 aromatic carbocycles. The minimum absolute atomic E-state index is 0.0958. The van der Waals surface area contributed by atoms with E-state index in [1.165, 1.54) is 12.5 Å². The number of rotatable bonds is 4. The molecule has 1 N–H and O–H groups in total. The summed E-state index contributed by atoms with van der Waals surface area (Å²) >= 11 is 0. The first-order valence-electron chi connectivity index (χ1n) is 10.2. The van der Waals surface area contributed by atoms with E-state index >= 15 is 0 Å². The molecule has 28 heavy (non-hydrogen) atoms. The lowest BCUT2D eigenvalue weighted by molar-refractivity contribution is -0.120. The predicted molar refractivity (Wildman–Crippen MR) is 110 cm³/mol. The van der Waals surface area contributed by atoms with E-state index in [2.05, 4.69) is 20.1 Å². The number of amides is 1. The Hall–Kier alpha value is -2.63. The molecule has 4 rings (SSSR count). The van der Waals surface area contributed by atoms with E-state index in [-0.39, 0.29) is 17.6 Å². The van der Waals surface area contributed by atoms with Gasteiger partial charge in [0, 0.05) is 32.1 Å². The van der Waals surface area contributed by atoms with Crippen molar-refractivity contribution in [1.29, 1.82) is 0 Å². The number of carbonyl (C=O) groups is 1. The predicted octanol–water partition coefficient (Wildman–Crippen LogP) is 4.07. The molecule has 1 amide bonds. The van der Waals surface area contributed by atoms with Crippen molar-refractivity contribution in [2.45, 2.75) is 32.1 Å². The molecule has 2 aromatic rings. The molecule has 1 saturated carbocycles. The molecule has 1 aromatic heterocycles. The SMILES string of the molecule is O=C(Nc1ccc(N2CCN(c3ccccc3F)CC2)cn1)C1CCCCC1. The zero-order chi connectivity index (χ0) is 19.3. The van der Waals surface area contributed by atoms with Gasteiger partial charge in [0.1, 0.15) is 11.6 Å². The van der Waals surface area contributed by atoms with E-state index in [0.29, 0.717) is 11.5 Å². The largest absolute Gasteiger partial charge is 0.367 e. The molecule has 1 saturated heterocycles. The number of nitrogens with one attached hydrogen (secondary N) is 1. The van der Waals surface area contributed by atoms with Crippen molar-refractivity contribution in [1.82, 2.24) is 4.98 Å². The van der Waals surface area contributed by atoms with E-state index in [9.17, 15) is 9.18 Å². The van der Waals surface area contributed by atoms with Crippen molar-refractivity contribution >= 4 is 23.1 Å². The van der Waals surface area contributed by atoms with Crippen molar-refractivity contribution in [2.24, 2.45) is 5.92 Å². The summed E-state index contributed by atoms with van der Waals surface area (Å²) in [7, 11) is 0. The van der Waals surface area contributed by atoms with Crippen molar-refractivity contribution in [3.63, 3.8) is 0 Å². The minimum atomic E-state index is -0.171. The molecule has 2 aliphatic rings. The molecule has 5 nitrogen and oxygen atoms in total. The number of benzene rings is 1. The minimum Gasteiger partial charge on any atom is -0.367 e. The van der Waals surface area contributed by atoms with E-state index in [0.717, 1.165) is 57.5 Å². The van der Waals surface area contributed by atoms with Crippen molar-refractivity contribution in [3.8, 4) is 0 Å². The third kappa shape index (κ3) is 4.26. The van der Waals surface area contributed by atoms with Gasteiger partial charge in [0.25, 0.3) is 0 Å². The summed E-state index contributed by atoms with van der Waals surface area (Å²) in [6.07, 6.45) is 7.30. The van der Waals surface area contributed by atoms with E-state index in [4.69, 9.17) is 0 Å². The van der Waals surface area contributed by atoms with Crippen molar-refractivity contribution in [2.75, 3.05) is 41.3 Å². The Morgan fingerprint density at radius 1 is 0.964 bits per heavy atom. The van der Waals surface area contributed by atoms with Crippen LogP contribution in [0.15, 0.2) is 42.6 Å². The molecule has 1 aliphatic heterocycles. The van der Waals surface area contributed by atoms with Crippen LogP contribution in [-0.4, -0.2) is 37.1 Å². The van der Waals surface area contributed by atoms with Crippen LogP contribution >= 0.6 is 0 Å². The highest BCUT2D eigenvalue weighted by molar-refractivity contribution is 5.91. The normalized spacial score (nSPS) is 18.2. The van der Waals surface area contributed by atoms with Gasteiger partial charge in [-0.2, -0.15) is 0 Å². The fourth-order valence-electron chi connectivity index (χ4n) is 4.15. The third-order valence-electron chi connectivity index (χ3n) is 5.81. The van der Waals surface area contributed by atoms with Crippen LogP contribution in [0.2, 0.25) is 0 Å². The maximum absolute atomic E-state index is 14.0. The molecule has 2 fully saturated rings. The van der Waals surface area contributed by atoms with Gasteiger partial charge in [0.15, 0.2) is 0 Å². The van der Waals surface area contributed by atoms with Crippen molar-refractivity contribution < 1.29 is 9.18 Å². The lowest BCUT2D eigenvalue weighted by Crippen LogP contribution is -2.46. The lowest BCUT2D eigenvalue weighted by Gasteiger charge is -2.37. The van der Waals surface area contributed by atoms with Gasteiger partial charge in [-0.05, 0) is 37.1 Å². The van der Waals surface area contributed by atoms with Gasteiger partial charge in [-0.3, -0.25) is 4.79 Å². The summed E-state index contributed by atoms with van der Waals surface area (Å²) in [5.41, 5.74) is 1.70. The van der Waals surface area contributed by atoms with Gasteiger partial charge in [-0.1, -0.05) is 31.4 Å². The topological polar surface area (TPSA) is 48.5 Å². The molecule has 0 bridgehead atoms. The quantitative estimate of drug-likeness (QED) is 0.866. The number of aromatic nitrogens is 1. The fourth-order valence-corrected chi connectivity index (χ4v) is 4.15. The van der Waals surface area contributed by atoms with Crippen LogP contribution in [0.25, 0.3) is 0 Å². The zero-order valence-electron chi connectivity index (χ0n) is 16.1. The molecular formula is C22H27FN4O. The molecule has 2 heterocycles. The smallest absolute Gasteiger partial charge is 0.228 e. The number of anilines is 3. The summed E-state index contributed by atoms with van der Waals surface area (Å²) in [6, 6.07) is 10.8. The van der Waals surface area contributed by atoms with Gasteiger partial charge >= 0.3 is 0 Å². The number of pyridine rings is 1. The molecule has 0 radical (unpaired) electrons. The second-order valence-electron chi connectivity index (χ2n) is 7.65. The number of carbonyl (C=O) groups excluding carboxylic acids is 1. The van der Waals surface area contributed by atoms with Gasteiger partial charge in [-0.25, -0.2) is 9.37 Å². The van der Waals surface area contributed by atoms with Crippen LogP contribution in [0.4, 0.5) is 21.6 Å². The number of piperazine rings is 1. The Kier molecular flexibility index (Phi) is 5.74. The Morgan fingerprint density at radius 3 is 2.36 bits per heavy atom. The Labute approximate surface area is 165 Å². The summed E-state index contributed by atoms with van der Waals surface area (Å²) in [6.45, 7) is 3.15. The second kappa shape index (κ2) is 8.59. The number of para-hydroxylation sites is 1. The van der Waals surface area contributed by atoms with E-state index in [1.807, 2.05) is 30.5 Å². The number of hydrogen-bond donors (Lipinski definition) is 1. The standard InChI is InChI=1S/C22H27FN4O/c23-19-8-4-5-9-20(19)27-14-12-26(13-15-27)18-10-11-21(24-16-18)25-22(28)17-6-2-1-3-7-17/h4-5,8-11,16-17H,1-3,6-7,12-15H2,(H,24,25,28). The van der Waals surface area contributed by atoms with Gasteiger partial charge in [-0.15, -0.1) is 0 Å². The fraction of sp³-hybridized carbons (Fsp3) is 0.455. The number of nitrogens with zero attached hydrogens (tertiary/aromatic N) is 3. The van der Waals surface area contributed by atoms with Crippen LogP contribution in [-0.2, 0) is 4.79 Å². The zero-order valence-corrected chi connectivity index (χ0v) is 16.1. The van der Waals surface area contributed by atoms with Crippen LogP contribution in [0.3, 0.4) is 0 Å². The second-order valence-corrected chi connectivity index (χ2v) is 7.65. The summed E-state index contributed by atoms with van der Waals surface area (Å²) in [5, 5.41) is 2.96. The Morgan fingerprint density at radius 2 is 1.68 bits per heavy atom. The highest BCUT2D eigenvalue weighted by Crippen LogP contribution is 2.26. The van der Waals surface area contributed by atoms with E-state index < -0.39 is 0 Å². The summed E-state index contributed by atoms with van der Waals surface area (Å²) in [5.74, 6) is 0.667. The molecule has 6 heteroatoms.